The molecular formula is C21H25F2N5O2. The SMILES string of the molecule is CN(C)C(=O)c1cc(O)c(-c2cnc(N(C)[C@@H]3C[C@H]4CC[C@H](N4)[C@@H]3F)cn2)cc1F. The Balaban J connectivity index is 1.56. The molecule has 1 aromatic heterocycles. The molecule has 1 aromatic carbocycles. The first-order valence-corrected chi connectivity index (χ1v) is 9.95. The molecule has 4 atom stereocenters. The number of benzene rings is 1. The van der Waals surface area contributed by atoms with Crippen LogP contribution in [-0.2, 0) is 0 Å². The van der Waals surface area contributed by atoms with E-state index >= 15 is 0 Å². The molecule has 0 unspecified atom stereocenters. The van der Waals surface area contributed by atoms with Crippen LogP contribution in [0.5, 0.6) is 5.75 Å². The summed E-state index contributed by atoms with van der Waals surface area (Å²) in [6, 6.07) is 2.08. The van der Waals surface area contributed by atoms with Gasteiger partial charge in [0.15, 0.2) is 0 Å². The highest BCUT2D eigenvalue weighted by molar-refractivity contribution is 5.95. The molecule has 2 aromatic rings. The van der Waals surface area contributed by atoms with E-state index in [1.54, 1.807) is 11.9 Å². The van der Waals surface area contributed by atoms with Crippen LogP contribution in [0.1, 0.15) is 29.6 Å². The first-order chi connectivity index (χ1) is 14.3. The van der Waals surface area contributed by atoms with Crippen molar-refractivity contribution in [2.45, 2.75) is 43.6 Å². The molecule has 0 saturated carbocycles. The Bertz CT molecular complexity index is 953. The number of nitrogens with zero attached hydrogens (tertiary/aromatic N) is 4. The predicted octanol–water partition coefficient (Wildman–Crippen LogP) is 2.36. The molecule has 30 heavy (non-hydrogen) atoms. The second kappa shape index (κ2) is 7.79. The molecule has 3 heterocycles. The van der Waals surface area contributed by atoms with Gasteiger partial charge in [0.25, 0.3) is 5.91 Å². The predicted molar refractivity (Wildman–Crippen MR) is 109 cm³/mol. The van der Waals surface area contributed by atoms with Gasteiger partial charge in [-0.15, -0.1) is 0 Å². The third kappa shape index (κ3) is 3.58. The molecule has 160 valence electrons. The maximum absolute atomic E-state index is 14.8. The van der Waals surface area contributed by atoms with Crippen LogP contribution in [0.25, 0.3) is 11.3 Å². The number of aromatic hydroxyl groups is 1. The highest BCUT2D eigenvalue weighted by Crippen LogP contribution is 2.34. The molecule has 2 bridgehead atoms. The zero-order chi connectivity index (χ0) is 21.6. The molecular weight excluding hydrogens is 392 g/mol. The van der Waals surface area contributed by atoms with Crippen LogP contribution in [0.4, 0.5) is 14.6 Å². The summed E-state index contributed by atoms with van der Waals surface area (Å²) in [6.45, 7) is 0. The minimum absolute atomic E-state index is 0.119. The summed E-state index contributed by atoms with van der Waals surface area (Å²) >= 11 is 0. The highest BCUT2D eigenvalue weighted by Gasteiger charge is 2.43. The van der Waals surface area contributed by atoms with E-state index in [9.17, 15) is 18.7 Å². The number of rotatable bonds is 4. The summed E-state index contributed by atoms with van der Waals surface area (Å²) < 4.78 is 29.3. The lowest BCUT2D eigenvalue weighted by Gasteiger charge is -2.38. The Morgan fingerprint density at radius 1 is 1.20 bits per heavy atom. The lowest BCUT2D eigenvalue weighted by molar-refractivity contribution is 0.0822. The Kier molecular flexibility index (Phi) is 5.31. The quantitative estimate of drug-likeness (QED) is 0.795. The third-order valence-electron chi connectivity index (χ3n) is 6.05. The van der Waals surface area contributed by atoms with Crippen LogP contribution >= 0.6 is 0 Å². The maximum Gasteiger partial charge on any atom is 0.256 e. The van der Waals surface area contributed by atoms with Crippen LogP contribution < -0.4 is 10.2 Å². The van der Waals surface area contributed by atoms with Gasteiger partial charge in [0.05, 0.1) is 29.7 Å². The van der Waals surface area contributed by atoms with Crippen molar-refractivity contribution in [1.29, 1.82) is 0 Å². The fraction of sp³-hybridized carbons (Fsp3) is 0.476. The number of carbonyl (C=O) groups is 1. The molecule has 0 radical (unpaired) electrons. The average Bonchev–Trinajstić information content (AvgIpc) is 3.14. The number of amides is 1. The zero-order valence-corrected chi connectivity index (χ0v) is 17.1. The van der Waals surface area contributed by atoms with Crippen LogP contribution in [0.2, 0.25) is 0 Å². The summed E-state index contributed by atoms with van der Waals surface area (Å²) in [5, 5.41) is 13.6. The van der Waals surface area contributed by atoms with Gasteiger partial charge in [-0.1, -0.05) is 0 Å². The number of halogens is 2. The fourth-order valence-electron chi connectivity index (χ4n) is 4.33. The van der Waals surface area contributed by atoms with Gasteiger partial charge in [-0.3, -0.25) is 9.78 Å². The van der Waals surface area contributed by atoms with Gasteiger partial charge in [0, 0.05) is 38.8 Å². The lowest BCUT2D eigenvalue weighted by atomic mass is 9.96. The lowest BCUT2D eigenvalue weighted by Crippen LogP contribution is -2.55. The van der Waals surface area contributed by atoms with Gasteiger partial charge < -0.3 is 20.2 Å². The van der Waals surface area contributed by atoms with Crippen LogP contribution in [-0.4, -0.2) is 71.3 Å². The minimum Gasteiger partial charge on any atom is -0.507 e. The van der Waals surface area contributed by atoms with E-state index in [2.05, 4.69) is 15.3 Å². The molecule has 1 amide bonds. The standard InChI is InChI=1S/C21H25F2N5O2/c1-27(2)21(30)12-8-18(29)13(7-14(12)22)16-9-25-19(10-24-16)28(3)17-6-11-4-5-15(26-11)20(17)23/h7-11,15,17,20,26,29H,4-6H2,1-3H3/t11-,15+,17-,20+/m1/s1. The average molecular weight is 417 g/mol. The van der Waals surface area contributed by atoms with E-state index in [0.717, 1.165) is 25.0 Å². The van der Waals surface area contributed by atoms with E-state index in [0.29, 0.717) is 18.3 Å². The molecule has 0 aliphatic carbocycles. The number of hydrogen-bond donors (Lipinski definition) is 2. The molecule has 2 fully saturated rings. The summed E-state index contributed by atoms with van der Waals surface area (Å²) in [4.78, 5) is 23.7. The first kappa shape index (κ1) is 20.5. The summed E-state index contributed by atoms with van der Waals surface area (Å²) in [5.41, 5.74) is 0.169. The molecule has 4 rings (SSSR count). The van der Waals surface area contributed by atoms with Crippen molar-refractivity contribution in [3.05, 3.63) is 35.9 Å². The molecule has 2 aliphatic heterocycles. The Morgan fingerprint density at radius 2 is 1.97 bits per heavy atom. The van der Waals surface area contributed by atoms with Gasteiger partial charge >= 0.3 is 0 Å². The van der Waals surface area contributed by atoms with Gasteiger partial charge in [0.2, 0.25) is 0 Å². The maximum atomic E-state index is 14.8. The number of phenols is 1. The largest absolute Gasteiger partial charge is 0.507 e. The Morgan fingerprint density at radius 3 is 2.63 bits per heavy atom. The van der Waals surface area contributed by atoms with Crippen LogP contribution in [0.3, 0.4) is 0 Å². The van der Waals surface area contributed by atoms with Crippen LogP contribution in [0, 0.1) is 5.82 Å². The van der Waals surface area contributed by atoms with Crippen molar-refractivity contribution >= 4 is 11.7 Å². The number of carbonyl (C=O) groups excluding carboxylic acids is 1. The Labute approximate surface area is 173 Å². The number of aromatic nitrogens is 2. The van der Waals surface area contributed by atoms with Crippen molar-refractivity contribution in [2.75, 3.05) is 26.0 Å². The second-order valence-corrected chi connectivity index (χ2v) is 8.21. The molecule has 2 saturated heterocycles. The monoisotopic (exact) mass is 417 g/mol. The number of anilines is 1. The minimum atomic E-state index is -0.991. The van der Waals surface area contributed by atoms with Gasteiger partial charge in [-0.05, 0) is 31.4 Å². The van der Waals surface area contributed by atoms with Gasteiger partial charge in [-0.25, -0.2) is 13.8 Å². The van der Waals surface area contributed by atoms with Gasteiger partial charge in [0.1, 0.15) is 23.6 Å². The highest BCUT2D eigenvalue weighted by atomic mass is 19.1. The van der Waals surface area contributed by atoms with E-state index in [1.807, 2.05) is 0 Å². The number of alkyl halides is 1. The van der Waals surface area contributed by atoms with Crippen molar-refractivity contribution in [3.63, 3.8) is 0 Å². The smallest absolute Gasteiger partial charge is 0.256 e. The zero-order valence-electron chi connectivity index (χ0n) is 17.1. The fourth-order valence-corrected chi connectivity index (χ4v) is 4.33. The van der Waals surface area contributed by atoms with E-state index < -0.39 is 17.9 Å². The molecule has 0 spiro atoms. The molecule has 7 nitrogen and oxygen atoms in total. The second-order valence-electron chi connectivity index (χ2n) is 8.21. The summed E-state index contributed by atoms with van der Waals surface area (Å²) in [5.74, 6) is -1.06. The third-order valence-corrected chi connectivity index (χ3v) is 6.05. The van der Waals surface area contributed by atoms with Crippen molar-refractivity contribution in [1.82, 2.24) is 20.2 Å². The van der Waals surface area contributed by atoms with E-state index in [-0.39, 0.29) is 34.7 Å². The number of hydrogen-bond acceptors (Lipinski definition) is 6. The van der Waals surface area contributed by atoms with Crippen molar-refractivity contribution in [3.8, 4) is 17.0 Å². The van der Waals surface area contributed by atoms with Gasteiger partial charge in [-0.2, -0.15) is 0 Å². The molecule has 2 N–H and O–H groups in total. The van der Waals surface area contributed by atoms with E-state index in [4.69, 9.17) is 0 Å². The normalized spacial score (nSPS) is 25.2. The molecule has 2 aliphatic rings. The summed E-state index contributed by atoms with van der Waals surface area (Å²) in [7, 11) is 4.80. The number of phenolic OH excluding ortho intramolecular Hbond substituents is 1. The van der Waals surface area contributed by atoms with E-state index in [1.165, 1.54) is 31.4 Å². The Hall–Kier alpha value is -2.81. The number of piperidine rings is 1. The number of nitrogens with one attached hydrogen (secondary N) is 1. The first-order valence-electron chi connectivity index (χ1n) is 9.95. The number of fused-ring (bicyclic) bond motifs is 2. The summed E-state index contributed by atoms with van der Waals surface area (Å²) in [6.07, 6.45) is 4.44. The van der Waals surface area contributed by atoms with Crippen LogP contribution in [0.15, 0.2) is 24.5 Å². The van der Waals surface area contributed by atoms with Crippen molar-refractivity contribution in [2.24, 2.45) is 0 Å². The molecule has 9 heteroatoms. The van der Waals surface area contributed by atoms with Crippen molar-refractivity contribution < 1.29 is 18.7 Å². The topological polar surface area (TPSA) is 81.6 Å².